The molecule has 3 rings (SSSR count). The van der Waals surface area contributed by atoms with Gasteiger partial charge in [-0.05, 0) is 24.3 Å². The number of aliphatic hydroxyl groups is 1. The number of benzene rings is 1. The van der Waals surface area contributed by atoms with Crippen LogP contribution in [0.25, 0.3) is 0 Å². The Labute approximate surface area is 130 Å². The molecular weight excluding hydrogens is 278 g/mol. The fourth-order valence-electron chi connectivity index (χ4n) is 2.83. The summed E-state index contributed by atoms with van der Waals surface area (Å²) in [5.74, 6) is 0.376. The molecule has 0 saturated carbocycles. The van der Waals surface area contributed by atoms with E-state index in [1.165, 1.54) is 0 Å². The van der Waals surface area contributed by atoms with Crippen LogP contribution in [0.2, 0.25) is 0 Å². The number of hydrogen-bond acceptors (Lipinski definition) is 3. The van der Waals surface area contributed by atoms with E-state index in [0.29, 0.717) is 31.1 Å². The molecule has 1 aromatic carbocycles. The molecule has 2 aromatic rings. The summed E-state index contributed by atoms with van der Waals surface area (Å²) in [7, 11) is 0. The van der Waals surface area contributed by atoms with E-state index in [1.54, 1.807) is 10.9 Å². The fourth-order valence-corrected chi connectivity index (χ4v) is 2.83. The van der Waals surface area contributed by atoms with Crippen LogP contribution in [0.15, 0.2) is 42.7 Å². The van der Waals surface area contributed by atoms with Gasteiger partial charge in [-0.2, -0.15) is 5.10 Å². The van der Waals surface area contributed by atoms with Crippen LogP contribution < -0.4 is 0 Å². The molecule has 1 saturated heterocycles. The summed E-state index contributed by atoms with van der Waals surface area (Å²) in [4.78, 5) is 14.3. The molecule has 1 fully saturated rings. The van der Waals surface area contributed by atoms with Gasteiger partial charge in [-0.1, -0.05) is 30.3 Å². The first-order valence-electron chi connectivity index (χ1n) is 7.73. The second-order valence-electron chi connectivity index (χ2n) is 5.83. The smallest absolute Gasteiger partial charge is 0.257 e. The zero-order valence-corrected chi connectivity index (χ0v) is 12.6. The number of likely N-dealkylation sites (tertiary alicyclic amines) is 1. The van der Waals surface area contributed by atoms with Gasteiger partial charge in [0.05, 0.1) is 18.3 Å². The molecular formula is C17H21N3O2. The molecule has 0 aliphatic carbocycles. The number of nitrogens with zero attached hydrogens (tertiary/aromatic N) is 3. The van der Waals surface area contributed by atoms with Gasteiger partial charge >= 0.3 is 0 Å². The second kappa shape index (κ2) is 6.75. The highest BCUT2D eigenvalue weighted by molar-refractivity contribution is 5.93. The minimum absolute atomic E-state index is 0.0377. The standard InChI is InChI=1S/C17H21N3O2/c21-13-15-6-8-19(9-7-15)17(22)16-10-18-20(12-16)11-14-4-2-1-3-5-14/h1-5,10,12,15,21H,6-9,11,13H2. The summed E-state index contributed by atoms with van der Waals surface area (Å²) in [6, 6.07) is 10.1. The highest BCUT2D eigenvalue weighted by atomic mass is 16.3. The minimum atomic E-state index is 0.0377. The monoisotopic (exact) mass is 299 g/mol. The molecule has 116 valence electrons. The average Bonchev–Trinajstić information content (AvgIpc) is 3.04. The molecule has 5 nitrogen and oxygen atoms in total. The van der Waals surface area contributed by atoms with Crippen LogP contribution in [0.4, 0.5) is 0 Å². The lowest BCUT2D eigenvalue weighted by Gasteiger charge is -2.30. The van der Waals surface area contributed by atoms with E-state index >= 15 is 0 Å². The Morgan fingerprint density at radius 2 is 1.95 bits per heavy atom. The molecule has 5 heteroatoms. The van der Waals surface area contributed by atoms with Crippen molar-refractivity contribution in [2.24, 2.45) is 5.92 Å². The minimum Gasteiger partial charge on any atom is -0.396 e. The van der Waals surface area contributed by atoms with Crippen LogP contribution in [-0.4, -0.2) is 45.4 Å². The van der Waals surface area contributed by atoms with Crippen LogP contribution in [0.5, 0.6) is 0 Å². The number of piperidine rings is 1. The number of hydrogen-bond donors (Lipinski definition) is 1. The van der Waals surface area contributed by atoms with Gasteiger partial charge in [0.15, 0.2) is 0 Å². The Morgan fingerprint density at radius 1 is 1.23 bits per heavy atom. The van der Waals surface area contributed by atoms with Gasteiger partial charge in [0.1, 0.15) is 0 Å². The number of carbonyl (C=O) groups excluding carboxylic acids is 1. The van der Waals surface area contributed by atoms with E-state index in [2.05, 4.69) is 5.10 Å². The summed E-state index contributed by atoms with van der Waals surface area (Å²) in [5, 5.41) is 13.4. The van der Waals surface area contributed by atoms with E-state index in [1.807, 2.05) is 41.4 Å². The van der Waals surface area contributed by atoms with Crippen molar-refractivity contribution in [2.45, 2.75) is 19.4 Å². The maximum absolute atomic E-state index is 12.5. The third-order valence-corrected chi connectivity index (χ3v) is 4.23. The van der Waals surface area contributed by atoms with Crippen molar-refractivity contribution in [1.29, 1.82) is 0 Å². The highest BCUT2D eigenvalue weighted by Crippen LogP contribution is 2.18. The van der Waals surface area contributed by atoms with Gasteiger partial charge in [0.25, 0.3) is 5.91 Å². The molecule has 1 aromatic heterocycles. The van der Waals surface area contributed by atoms with Crippen LogP contribution in [0.3, 0.4) is 0 Å². The summed E-state index contributed by atoms with van der Waals surface area (Å²) >= 11 is 0. The normalized spacial score (nSPS) is 16.0. The van der Waals surface area contributed by atoms with Crippen molar-refractivity contribution in [3.8, 4) is 0 Å². The Bertz CT molecular complexity index is 616. The number of amides is 1. The predicted octanol–water partition coefficient (Wildman–Crippen LogP) is 1.78. The van der Waals surface area contributed by atoms with Crippen LogP contribution in [0, 0.1) is 5.92 Å². The summed E-state index contributed by atoms with van der Waals surface area (Å²) in [5.41, 5.74) is 1.80. The van der Waals surface area contributed by atoms with E-state index < -0.39 is 0 Å². The molecule has 0 unspecified atom stereocenters. The Hall–Kier alpha value is -2.14. The Morgan fingerprint density at radius 3 is 2.64 bits per heavy atom. The third-order valence-electron chi connectivity index (χ3n) is 4.23. The molecule has 2 heterocycles. The lowest BCUT2D eigenvalue weighted by Crippen LogP contribution is -2.39. The second-order valence-corrected chi connectivity index (χ2v) is 5.83. The fraction of sp³-hybridized carbons (Fsp3) is 0.412. The van der Waals surface area contributed by atoms with E-state index in [9.17, 15) is 4.79 Å². The molecule has 1 aliphatic rings. The number of aliphatic hydroxyl groups excluding tert-OH is 1. The number of aromatic nitrogens is 2. The van der Waals surface area contributed by atoms with E-state index in [4.69, 9.17) is 5.11 Å². The largest absolute Gasteiger partial charge is 0.396 e. The quantitative estimate of drug-likeness (QED) is 0.936. The van der Waals surface area contributed by atoms with Gasteiger partial charge in [-0.25, -0.2) is 0 Å². The van der Waals surface area contributed by atoms with Crippen LogP contribution in [-0.2, 0) is 6.54 Å². The Balaban J connectivity index is 1.62. The first-order valence-corrected chi connectivity index (χ1v) is 7.73. The van der Waals surface area contributed by atoms with Gasteiger partial charge in [-0.15, -0.1) is 0 Å². The van der Waals surface area contributed by atoms with Crippen molar-refractivity contribution in [3.05, 3.63) is 53.9 Å². The molecule has 1 aliphatic heterocycles. The van der Waals surface area contributed by atoms with Crippen LogP contribution >= 0.6 is 0 Å². The highest BCUT2D eigenvalue weighted by Gasteiger charge is 2.23. The van der Waals surface area contributed by atoms with Crippen molar-refractivity contribution in [2.75, 3.05) is 19.7 Å². The molecule has 1 N–H and O–H groups in total. The van der Waals surface area contributed by atoms with E-state index in [0.717, 1.165) is 18.4 Å². The molecule has 1 amide bonds. The summed E-state index contributed by atoms with van der Waals surface area (Å²) < 4.78 is 1.79. The SMILES string of the molecule is O=C(c1cnn(Cc2ccccc2)c1)N1CCC(CO)CC1. The topological polar surface area (TPSA) is 58.4 Å². The van der Waals surface area contributed by atoms with E-state index in [-0.39, 0.29) is 12.5 Å². The van der Waals surface area contributed by atoms with Crippen molar-refractivity contribution < 1.29 is 9.90 Å². The summed E-state index contributed by atoms with van der Waals surface area (Å²) in [6.45, 7) is 2.32. The van der Waals surface area contributed by atoms with Crippen molar-refractivity contribution >= 4 is 5.91 Å². The third kappa shape index (κ3) is 3.36. The zero-order chi connectivity index (χ0) is 15.4. The van der Waals surface area contributed by atoms with Crippen LogP contribution in [0.1, 0.15) is 28.8 Å². The Kier molecular flexibility index (Phi) is 4.53. The zero-order valence-electron chi connectivity index (χ0n) is 12.6. The molecule has 0 bridgehead atoms. The van der Waals surface area contributed by atoms with Crippen molar-refractivity contribution in [3.63, 3.8) is 0 Å². The van der Waals surface area contributed by atoms with Gasteiger partial charge in [0, 0.05) is 25.9 Å². The number of rotatable bonds is 4. The molecule has 0 atom stereocenters. The first kappa shape index (κ1) is 14.8. The predicted molar refractivity (Wildman–Crippen MR) is 83.5 cm³/mol. The van der Waals surface area contributed by atoms with Crippen molar-refractivity contribution in [1.82, 2.24) is 14.7 Å². The maximum atomic E-state index is 12.5. The first-order chi connectivity index (χ1) is 10.8. The lowest BCUT2D eigenvalue weighted by atomic mass is 9.97. The maximum Gasteiger partial charge on any atom is 0.257 e. The van der Waals surface area contributed by atoms with Gasteiger partial charge < -0.3 is 10.0 Å². The average molecular weight is 299 g/mol. The molecule has 0 radical (unpaired) electrons. The molecule has 0 spiro atoms. The molecule has 22 heavy (non-hydrogen) atoms. The summed E-state index contributed by atoms with van der Waals surface area (Å²) in [6.07, 6.45) is 5.21. The van der Waals surface area contributed by atoms with Gasteiger partial charge in [0.2, 0.25) is 0 Å². The van der Waals surface area contributed by atoms with Gasteiger partial charge in [-0.3, -0.25) is 9.48 Å². The number of carbonyl (C=O) groups is 1. The lowest BCUT2D eigenvalue weighted by molar-refractivity contribution is 0.0651.